The number of carbonyl (C=O) groups excluding carboxylic acids is 2. The molecule has 0 aliphatic heterocycles. The van der Waals surface area contributed by atoms with Gasteiger partial charge in [-0.25, -0.2) is 0 Å². The number of hydrogen-bond acceptors (Lipinski definition) is 3. The van der Waals surface area contributed by atoms with Gasteiger partial charge in [0.2, 0.25) is 5.91 Å². The van der Waals surface area contributed by atoms with Crippen LogP contribution in [0.4, 0.5) is 5.69 Å². The molecule has 3 rings (SSSR count). The van der Waals surface area contributed by atoms with Crippen LogP contribution in [0.15, 0.2) is 77.4 Å². The predicted octanol–water partition coefficient (Wildman–Crippen LogP) is 2.73. The summed E-state index contributed by atoms with van der Waals surface area (Å²) in [5.41, 5.74) is 2.88. The first-order valence-electron chi connectivity index (χ1n) is 9.99. The second-order valence-corrected chi connectivity index (χ2v) is 7.49. The van der Waals surface area contributed by atoms with Crippen LogP contribution in [0.25, 0.3) is 0 Å². The number of nitrogens with two attached hydrogens (primary N) is 1. The first-order valence-corrected chi connectivity index (χ1v) is 9.99. The van der Waals surface area contributed by atoms with Gasteiger partial charge in [0, 0.05) is 18.3 Å². The van der Waals surface area contributed by atoms with Crippen molar-refractivity contribution in [2.75, 3.05) is 18.9 Å². The molecular formula is C24H28N3O3+. The number of likely N-dealkylation sites (N-methyl/N-ethyl adjacent to an activating group) is 1. The fourth-order valence-electron chi connectivity index (χ4n) is 3.35. The summed E-state index contributed by atoms with van der Waals surface area (Å²) in [6.07, 6.45) is 1.63. The number of nitrogens with zero attached hydrogens (tertiary/aromatic N) is 1. The predicted molar refractivity (Wildman–Crippen MR) is 116 cm³/mol. The van der Waals surface area contributed by atoms with Gasteiger partial charge in [0.1, 0.15) is 0 Å². The van der Waals surface area contributed by atoms with E-state index in [1.807, 2.05) is 85.9 Å². The van der Waals surface area contributed by atoms with Crippen molar-refractivity contribution in [1.82, 2.24) is 4.90 Å². The molecular weight excluding hydrogens is 378 g/mol. The molecule has 156 valence electrons. The van der Waals surface area contributed by atoms with Crippen molar-refractivity contribution < 1.29 is 19.3 Å². The Balaban J connectivity index is 1.61. The van der Waals surface area contributed by atoms with Gasteiger partial charge in [0.05, 0.1) is 12.8 Å². The Kier molecular flexibility index (Phi) is 7.03. The molecule has 1 heterocycles. The van der Waals surface area contributed by atoms with Gasteiger partial charge in [-0.1, -0.05) is 48.0 Å². The summed E-state index contributed by atoms with van der Waals surface area (Å²) < 4.78 is 5.61. The van der Waals surface area contributed by atoms with Gasteiger partial charge < -0.3 is 20.0 Å². The molecule has 0 bridgehead atoms. The molecule has 3 aromatic rings. The first-order chi connectivity index (χ1) is 14.4. The monoisotopic (exact) mass is 406 g/mol. The summed E-state index contributed by atoms with van der Waals surface area (Å²) in [6.45, 7) is 3.82. The number of nitrogens with one attached hydrogen (secondary N) is 1. The topological polar surface area (TPSA) is 79.2 Å². The van der Waals surface area contributed by atoms with Gasteiger partial charge in [0.15, 0.2) is 17.8 Å². The summed E-state index contributed by atoms with van der Waals surface area (Å²) in [4.78, 5) is 26.7. The van der Waals surface area contributed by atoms with Gasteiger partial charge in [-0.2, -0.15) is 0 Å². The molecule has 2 aromatic carbocycles. The Hall–Kier alpha value is -3.38. The van der Waals surface area contributed by atoms with Crippen LogP contribution in [0.2, 0.25) is 0 Å². The first kappa shape index (κ1) is 21.3. The van der Waals surface area contributed by atoms with E-state index < -0.39 is 6.04 Å². The minimum atomic E-state index is -0.391. The highest BCUT2D eigenvalue weighted by Crippen LogP contribution is 2.18. The maximum Gasteiger partial charge on any atom is 0.280 e. The summed E-state index contributed by atoms with van der Waals surface area (Å²) in [6, 6.07) is 20.7. The molecule has 0 aliphatic carbocycles. The Bertz CT molecular complexity index is 953. The van der Waals surface area contributed by atoms with E-state index in [9.17, 15) is 9.59 Å². The van der Waals surface area contributed by atoms with E-state index in [0.717, 1.165) is 16.9 Å². The fraction of sp³-hybridized carbons (Fsp3) is 0.250. The van der Waals surface area contributed by atoms with Gasteiger partial charge in [-0.05, 0) is 38.1 Å². The molecule has 2 amide bonds. The van der Waals surface area contributed by atoms with E-state index in [1.54, 1.807) is 13.3 Å². The summed E-state index contributed by atoms with van der Waals surface area (Å²) in [7, 11) is 1.64. The molecule has 0 spiro atoms. The highest BCUT2D eigenvalue weighted by Gasteiger charge is 2.29. The molecule has 0 radical (unpaired) electrons. The van der Waals surface area contributed by atoms with Crippen LogP contribution < -0.4 is 10.6 Å². The van der Waals surface area contributed by atoms with E-state index in [4.69, 9.17) is 4.42 Å². The minimum Gasteiger partial charge on any atom is -0.463 e. The summed E-state index contributed by atoms with van der Waals surface area (Å²) >= 11 is 0. The zero-order valence-electron chi connectivity index (χ0n) is 17.5. The number of carbonyl (C=O) groups is 2. The normalized spacial score (nSPS) is 12.8. The molecule has 30 heavy (non-hydrogen) atoms. The van der Waals surface area contributed by atoms with E-state index in [1.165, 1.54) is 4.90 Å². The lowest BCUT2D eigenvalue weighted by Gasteiger charge is -2.23. The molecule has 6 heteroatoms. The summed E-state index contributed by atoms with van der Waals surface area (Å²) in [5, 5.41) is 4.79. The molecule has 0 fully saturated rings. The van der Waals surface area contributed by atoms with Crippen molar-refractivity contribution in [3.8, 4) is 0 Å². The van der Waals surface area contributed by atoms with Crippen LogP contribution in [0.1, 0.15) is 29.9 Å². The Labute approximate surface area is 176 Å². The van der Waals surface area contributed by atoms with Gasteiger partial charge in [-0.15, -0.1) is 0 Å². The smallest absolute Gasteiger partial charge is 0.280 e. The molecule has 0 unspecified atom stereocenters. The lowest BCUT2D eigenvalue weighted by Crippen LogP contribution is -2.92. The van der Waals surface area contributed by atoms with Crippen LogP contribution >= 0.6 is 0 Å². The molecule has 0 saturated heterocycles. The third kappa shape index (κ3) is 5.58. The van der Waals surface area contributed by atoms with E-state index in [2.05, 4.69) is 5.32 Å². The molecule has 1 aromatic heterocycles. The zero-order chi connectivity index (χ0) is 21.5. The fourth-order valence-corrected chi connectivity index (χ4v) is 3.35. The highest BCUT2D eigenvalue weighted by atomic mass is 16.3. The van der Waals surface area contributed by atoms with Crippen LogP contribution in [0, 0.1) is 6.92 Å². The standard InChI is InChI=1S/C24H27N3O3/c1-17-11-13-20(14-12-17)26-22(28)16-27(3)24(29)18(2)25-23(21-10-7-15-30-21)19-8-5-4-6-9-19/h4-15,18,23,25H,16H2,1-3H3,(H,26,28)/p+1/t18-,23-/m1/s1. The van der Waals surface area contributed by atoms with Crippen LogP contribution in [-0.4, -0.2) is 36.3 Å². The Morgan fingerprint density at radius 1 is 1.03 bits per heavy atom. The molecule has 3 N–H and O–H groups in total. The van der Waals surface area contributed by atoms with Crippen molar-refractivity contribution in [2.45, 2.75) is 25.9 Å². The molecule has 0 aliphatic rings. The van der Waals surface area contributed by atoms with Crippen LogP contribution in [-0.2, 0) is 9.59 Å². The van der Waals surface area contributed by atoms with E-state index in [-0.39, 0.29) is 24.4 Å². The van der Waals surface area contributed by atoms with Crippen molar-refractivity contribution >= 4 is 17.5 Å². The average molecular weight is 407 g/mol. The van der Waals surface area contributed by atoms with Gasteiger partial charge in [-0.3, -0.25) is 9.59 Å². The zero-order valence-corrected chi connectivity index (χ0v) is 17.5. The van der Waals surface area contributed by atoms with E-state index >= 15 is 0 Å². The molecule has 2 atom stereocenters. The van der Waals surface area contributed by atoms with Crippen molar-refractivity contribution in [3.63, 3.8) is 0 Å². The number of hydrogen-bond donors (Lipinski definition) is 2. The minimum absolute atomic E-state index is 0.0123. The van der Waals surface area contributed by atoms with Crippen molar-refractivity contribution in [1.29, 1.82) is 0 Å². The average Bonchev–Trinajstić information content (AvgIpc) is 3.28. The summed E-state index contributed by atoms with van der Waals surface area (Å²) in [5.74, 6) is 0.426. The molecule has 6 nitrogen and oxygen atoms in total. The Morgan fingerprint density at radius 3 is 2.37 bits per heavy atom. The number of amides is 2. The van der Waals surface area contributed by atoms with Crippen molar-refractivity contribution in [2.24, 2.45) is 0 Å². The van der Waals surface area contributed by atoms with Crippen LogP contribution in [0.5, 0.6) is 0 Å². The van der Waals surface area contributed by atoms with Crippen molar-refractivity contribution in [3.05, 3.63) is 89.9 Å². The second-order valence-electron chi connectivity index (χ2n) is 7.49. The SMILES string of the molecule is Cc1ccc(NC(=O)CN(C)C(=O)[C@@H](C)[NH2+][C@H](c2ccccc2)c2ccco2)cc1. The Morgan fingerprint density at radius 2 is 1.73 bits per heavy atom. The van der Waals surface area contributed by atoms with E-state index in [0.29, 0.717) is 5.69 Å². The van der Waals surface area contributed by atoms with Gasteiger partial charge in [0.25, 0.3) is 5.91 Å². The maximum atomic E-state index is 12.9. The maximum absolute atomic E-state index is 12.9. The second kappa shape index (κ2) is 9.89. The lowest BCUT2D eigenvalue weighted by molar-refractivity contribution is -0.707. The lowest BCUT2D eigenvalue weighted by atomic mass is 10.0. The third-order valence-electron chi connectivity index (χ3n) is 4.97. The third-order valence-corrected chi connectivity index (χ3v) is 4.97. The number of aryl methyl sites for hydroxylation is 1. The number of rotatable bonds is 8. The highest BCUT2D eigenvalue weighted by molar-refractivity contribution is 5.94. The number of benzene rings is 2. The van der Waals surface area contributed by atoms with Crippen LogP contribution in [0.3, 0.4) is 0 Å². The number of quaternary nitrogens is 1. The van der Waals surface area contributed by atoms with Gasteiger partial charge >= 0.3 is 0 Å². The quantitative estimate of drug-likeness (QED) is 0.604. The molecule has 0 saturated carbocycles. The largest absolute Gasteiger partial charge is 0.463 e. The number of furan rings is 1. The number of anilines is 1.